The molecule has 0 aliphatic carbocycles. The van der Waals surface area contributed by atoms with Crippen LogP contribution in [-0.2, 0) is 10.2 Å². The second-order valence-electron chi connectivity index (χ2n) is 8.39. The zero-order valence-electron chi connectivity index (χ0n) is 18.4. The first-order valence-corrected chi connectivity index (χ1v) is 12.1. The number of hydrogen-bond acceptors (Lipinski definition) is 6. The van der Waals surface area contributed by atoms with Crippen molar-refractivity contribution in [2.45, 2.75) is 43.5 Å². The van der Waals surface area contributed by atoms with E-state index in [0.29, 0.717) is 10.3 Å². The van der Waals surface area contributed by atoms with Gasteiger partial charge in [0.25, 0.3) is 0 Å². The van der Waals surface area contributed by atoms with E-state index in [1.54, 1.807) is 6.20 Å². The van der Waals surface area contributed by atoms with Crippen molar-refractivity contribution in [2.24, 2.45) is 0 Å². The fraction of sp³-hybridized carbons (Fsp3) is 0.250. The van der Waals surface area contributed by atoms with Gasteiger partial charge < -0.3 is 5.32 Å². The van der Waals surface area contributed by atoms with E-state index in [1.165, 1.54) is 28.7 Å². The predicted molar refractivity (Wildman–Crippen MR) is 132 cm³/mol. The molecule has 32 heavy (non-hydrogen) atoms. The highest BCUT2D eigenvalue weighted by Crippen LogP contribution is 2.32. The van der Waals surface area contributed by atoms with Gasteiger partial charge in [0.2, 0.25) is 5.91 Å². The van der Waals surface area contributed by atoms with Gasteiger partial charge in [-0.25, -0.2) is 4.98 Å². The van der Waals surface area contributed by atoms with Gasteiger partial charge in [0.1, 0.15) is 0 Å². The number of thioether (sulfide) groups is 1. The lowest BCUT2D eigenvalue weighted by molar-refractivity contribution is -0.115. The zero-order chi connectivity index (χ0) is 22.7. The molecule has 2 aromatic heterocycles. The van der Waals surface area contributed by atoms with Gasteiger partial charge in [0, 0.05) is 22.8 Å². The molecule has 0 saturated heterocycles. The smallest absolute Gasteiger partial charge is 0.239 e. The van der Waals surface area contributed by atoms with Crippen LogP contribution in [0, 0.1) is 0 Å². The number of aromatic nitrogens is 4. The maximum Gasteiger partial charge on any atom is 0.239 e. The molecule has 0 unspecified atom stereocenters. The number of carbonyl (C=O) groups excluding carboxylic acids is 1. The molecule has 2 heterocycles. The largest absolute Gasteiger partial charge is 0.301 e. The number of hydrogen-bond donors (Lipinski definition) is 1. The third-order valence-corrected chi connectivity index (χ3v) is 6.70. The summed E-state index contributed by atoms with van der Waals surface area (Å²) in [4.78, 5) is 16.8. The Balaban J connectivity index is 1.66. The summed E-state index contributed by atoms with van der Waals surface area (Å²) in [7, 11) is 0. The van der Waals surface area contributed by atoms with Crippen molar-refractivity contribution < 1.29 is 4.79 Å². The van der Waals surface area contributed by atoms with Gasteiger partial charge in [-0.3, -0.25) is 9.36 Å². The average molecular weight is 464 g/mol. The Bertz CT molecular complexity index is 1180. The van der Waals surface area contributed by atoms with E-state index < -0.39 is 0 Å². The number of thiazole rings is 1. The standard InChI is InChI=1S/C24H25N5OS2/c1-16(21(30)26-22-25-14-15-31-22)32-23-28-27-20(29(23)19-8-6-5-7-9-19)17-10-12-18(13-11-17)24(2,3)4/h5-16H,1-4H3,(H,25,26,30)/t16-/m0/s1. The number of anilines is 1. The van der Waals surface area contributed by atoms with Crippen molar-refractivity contribution in [3.8, 4) is 17.1 Å². The van der Waals surface area contributed by atoms with Crippen LogP contribution in [0.3, 0.4) is 0 Å². The van der Waals surface area contributed by atoms with Crippen LogP contribution in [0.2, 0.25) is 0 Å². The fourth-order valence-corrected chi connectivity index (χ4v) is 4.57. The van der Waals surface area contributed by atoms with Crippen LogP contribution in [0.15, 0.2) is 71.3 Å². The van der Waals surface area contributed by atoms with E-state index in [0.717, 1.165) is 17.1 Å². The lowest BCUT2D eigenvalue weighted by Gasteiger charge is -2.19. The van der Waals surface area contributed by atoms with Gasteiger partial charge in [0.05, 0.1) is 5.25 Å². The second-order valence-corrected chi connectivity index (χ2v) is 10.6. The van der Waals surface area contributed by atoms with Gasteiger partial charge in [0.15, 0.2) is 16.1 Å². The summed E-state index contributed by atoms with van der Waals surface area (Å²) >= 11 is 2.77. The number of rotatable bonds is 6. The fourth-order valence-electron chi connectivity index (χ4n) is 3.17. The molecule has 1 amide bonds. The first kappa shape index (κ1) is 22.2. The zero-order valence-corrected chi connectivity index (χ0v) is 20.1. The Morgan fingerprint density at radius 2 is 1.78 bits per heavy atom. The van der Waals surface area contributed by atoms with Crippen LogP contribution >= 0.6 is 23.1 Å². The molecule has 0 radical (unpaired) electrons. The van der Waals surface area contributed by atoms with Gasteiger partial charge in [-0.05, 0) is 30.0 Å². The number of benzene rings is 2. The SMILES string of the molecule is C[C@H](Sc1nnc(-c2ccc(C(C)(C)C)cc2)n1-c1ccccc1)C(=O)Nc1nccs1. The number of amides is 1. The van der Waals surface area contributed by atoms with E-state index in [1.807, 2.05) is 47.2 Å². The molecule has 1 N–H and O–H groups in total. The van der Waals surface area contributed by atoms with Crippen LogP contribution < -0.4 is 5.32 Å². The third-order valence-electron chi connectivity index (χ3n) is 4.97. The molecule has 4 aromatic rings. The Hall–Kier alpha value is -2.97. The summed E-state index contributed by atoms with van der Waals surface area (Å²) in [6, 6.07) is 18.4. The molecule has 0 bridgehead atoms. The number of carbonyl (C=O) groups is 1. The van der Waals surface area contributed by atoms with E-state index in [4.69, 9.17) is 0 Å². The topological polar surface area (TPSA) is 72.7 Å². The summed E-state index contributed by atoms with van der Waals surface area (Å²) in [5, 5.41) is 14.5. The first-order valence-electron chi connectivity index (χ1n) is 10.3. The highest BCUT2D eigenvalue weighted by Gasteiger charge is 2.23. The summed E-state index contributed by atoms with van der Waals surface area (Å²) in [5.74, 6) is 0.621. The van der Waals surface area contributed by atoms with E-state index >= 15 is 0 Å². The van der Waals surface area contributed by atoms with Gasteiger partial charge in [-0.15, -0.1) is 21.5 Å². The molecule has 164 valence electrons. The van der Waals surface area contributed by atoms with E-state index in [9.17, 15) is 4.79 Å². The van der Waals surface area contributed by atoms with Crippen LogP contribution in [0.4, 0.5) is 5.13 Å². The van der Waals surface area contributed by atoms with Gasteiger partial charge >= 0.3 is 0 Å². The summed E-state index contributed by atoms with van der Waals surface area (Å²) < 4.78 is 2.00. The molecule has 8 heteroatoms. The molecule has 1 atom stereocenters. The minimum atomic E-state index is -0.373. The Kier molecular flexibility index (Phi) is 6.43. The molecular weight excluding hydrogens is 438 g/mol. The lowest BCUT2D eigenvalue weighted by atomic mass is 9.87. The minimum Gasteiger partial charge on any atom is -0.301 e. The monoisotopic (exact) mass is 463 g/mol. The molecule has 0 spiro atoms. The van der Waals surface area contributed by atoms with Crippen molar-refractivity contribution in [3.63, 3.8) is 0 Å². The Morgan fingerprint density at radius 1 is 1.06 bits per heavy atom. The van der Waals surface area contributed by atoms with Gasteiger partial charge in [-0.1, -0.05) is 75.0 Å². The number of para-hydroxylation sites is 1. The van der Waals surface area contributed by atoms with Gasteiger partial charge in [-0.2, -0.15) is 0 Å². The number of nitrogens with one attached hydrogen (secondary N) is 1. The Morgan fingerprint density at radius 3 is 2.41 bits per heavy atom. The minimum absolute atomic E-state index is 0.0762. The molecular formula is C24H25N5OS2. The second kappa shape index (κ2) is 9.26. The van der Waals surface area contributed by atoms with Crippen LogP contribution in [0.1, 0.15) is 33.3 Å². The van der Waals surface area contributed by atoms with E-state index in [2.05, 4.69) is 65.5 Å². The quantitative estimate of drug-likeness (QED) is 0.366. The van der Waals surface area contributed by atoms with Crippen molar-refractivity contribution in [1.82, 2.24) is 19.7 Å². The van der Waals surface area contributed by atoms with Crippen molar-refractivity contribution >= 4 is 34.1 Å². The molecule has 6 nitrogen and oxygen atoms in total. The highest BCUT2D eigenvalue weighted by molar-refractivity contribution is 8.00. The average Bonchev–Trinajstić information content (AvgIpc) is 3.44. The predicted octanol–water partition coefficient (Wildman–Crippen LogP) is 5.81. The van der Waals surface area contributed by atoms with Crippen LogP contribution in [0.5, 0.6) is 0 Å². The molecule has 0 fully saturated rings. The van der Waals surface area contributed by atoms with Crippen molar-refractivity contribution in [1.29, 1.82) is 0 Å². The van der Waals surface area contributed by atoms with Crippen molar-refractivity contribution in [3.05, 3.63) is 71.7 Å². The maximum atomic E-state index is 12.6. The molecule has 2 aromatic carbocycles. The summed E-state index contributed by atoms with van der Waals surface area (Å²) in [5.41, 5.74) is 3.25. The summed E-state index contributed by atoms with van der Waals surface area (Å²) in [6.07, 6.45) is 1.67. The van der Waals surface area contributed by atoms with E-state index in [-0.39, 0.29) is 16.6 Å². The van der Waals surface area contributed by atoms with Crippen molar-refractivity contribution in [2.75, 3.05) is 5.32 Å². The summed E-state index contributed by atoms with van der Waals surface area (Å²) in [6.45, 7) is 8.44. The molecule has 0 aliphatic rings. The third kappa shape index (κ3) is 4.92. The van der Waals surface area contributed by atoms with Crippen LogP contribution in [-0.4, -0.2) is 30.9 Å². The lowest BCUT2D eigenvalue weighted by Crippen LogP contribution is -2.22. The first-order chi connectivity index (χ1) is 15.3. The normalized spacial score (nSPS) is 12.5. The highest BCUT2D eigenvalue weighted by atomic mass is 32.2. The molecule has 0 aliphatic heterocycles. The van der Waals surface area contributed by atoms with Crippen LogP contribution in [0.25, 0.3) is 17.1 Å². The Labute approximate surface area is 196 Å². The molecule has 4 rings (SSSR count). The maximum absolute atomic E-state index is 12.6. The number of nitrogens with zero attached hydrogens (tertiary/aromatic N) is 4. The molecule has 0 saturated carbocycles.